The van der Waals surface area contributed by atoms with Gasteiger partial charge in [0, 0.05) is 37.1 Å². The van der Waals surface area contributed by atoms with E-state index in [1.165, 1.54) is 5.56 Å². The van der Waals surface area contributed by atoms with Gasteiger partial charge >= 0.3 is 0 Å². The topological polar surface area (TPSA) is 31.4 Å². The number of hydrogen-bond acceptors (Lipinski definition) is 3. The number of benzene rings is 1. The number of nitrogens with zero attached hydrogens (tertiary/aromatic N) is 3. The van der Waals surface area contributed by atoms with Crippen LogP contribution in [-0.4, -0.2) is 47.1 Å². The highest BCUT2D eigenvalue weighted by atomic mass is 35.5. The highest BCUT2D eigenvalue weighted by Crippen LogP contribution is 2.13. The zero-order valence-electron chi connectivity index (χ0n) is 14.8. The number of aromatic nitrogens is 1. The molecule has 4 nitrogen and oxygen atoms in total. The van der Waals surface area contributed by atoms with E-state index in [1.807, 2.05) is 36.5 Å². The molecule has 1 aromatic carbocycles. The molecule has 0 unspecified atom stereocenters. The summed E-state index contributed by atoms with van der Waals surface area (Å²) >= 11 is 11.6. The molecule has 25 heavy (non-hydrogen) atoms. The molecular formula is C19H25ClN4S. The number of thiocarbonyl (C=S) groups is 1. The molecule has 0 spiro atoms. The third kappa shape index (κ3) is 7.38. The third-order valence-corrected chi connectivity index (χ3v) is 4.38. The van der Waals surface area contributed by atoms with Gasteiger partial charge in [0.2, 0.25) is 0 Å². The Morgan fingerprint density at radius 1 is 1.12 bits per heavy atom. The van der Waals surface area contributed by atoms with Gasteiger partial charge in [0.25, 0.3) is 0 Å². The number of halogens is 1. The van der Waals surface area contributed by atoms with Crippen molar-refractivity contribution in [3.8, 4) is 0 Å². The first kappa shape index (κ1) is 19.6. The Bertz CT molecular complexity index is 646. The average Bonchev–Trinajstić information content (AvgIpc) is 2.60. The molecule has 2 rings (SSSR count). The molecule has 0 saturated carbocycles. The maximum atomic E-state index is 5.99. The molecule has 1 N–H and O–H groups in total. The lowest BCUT2D eigenvalue weighted by Crippen LogP contribution is -2.39. The molecule has 0 aliphatic rings. The number of pyridine rings is 1. The zero-order chi connectivity index (χ0) is 18.1. The van der Waals surface area contributed by atoms with Gasteiger partial charge in [-0.1, -0.05) is 29.8 Å². The minimum atomic E-state index is 0.718. The zero-order valence-corrected chi connectivity index (χ0v) is 16.4. The van der Waals surface area contributed by atoms with Crippen molar-refractivity contribution in [3.05, 3.63) is 64.9 Å². The van der Waals surface area contributed by atoms with E-state index < -0.39 is 0 Å². The van der Waals surface area contributed by atoms with Crippen molar-refractivity contribution in [2.75, 3.05) is 27.2 Å². The summed E-state index contributed by atoms with van der Waals surface area (Å²) in [4.78, 5) is 8.53. The van der Waals surface area contributed by atoms with Crippen LogP contribution in [0.25, 0.3) is 0 Å². The molecule has 134 valence electrons. The Kier molecular flexibility index (Phi) is 8.12. The van der Waals surface area contributed by atoms with Crippen LogP contribution in [0.15, 0.2) is 48.8 Å². The summed E-state index contributed by atoms with van der Waals surface area (Å²) < 4.78 is 0. The van der Waals surface area contributed by atoms with Crippen LogP contribution in [0.4, 0.5) is 0 Å². The average molecular weight is 377 g/mol. The summed E-state index contributed by atoms with van der Waals surface area (Å²) in [7, 11) is 4.15. The molecule has 0 atom stereocenters. The van der Waals surface area contributed by atoms with E-state index >= 15 is 0 Å². The van der Waals surface area contributed by atoms with E-state index in [1.54, 1.807) is 6.20 Å². The molecule has 6 heteroatoms. The van der Waals surface area contributed by atoms with Crippen molar-refractivity contribution in [3.63, 3.8) is 0 Å². The second-order valence-corrected chi connectivity index (χ2v) is 7.06. The maximum absolute atomic E-state index is 5.99. The van der Waals surface area contributed by atoms with Crippen LogP contribution in [0.5, 0.6) is 0 Å². The van der Waals surface area contributed by atoms with Crippen LogP contribution in [0.2, 0.25) is 5.02 Å². The highest BCUT2D eigenvalue weighted by molar-refractivity contribution is 7.80. The van der Waals surface area contributed by atoms with E-state index in [-0.39, 0.29) is 0 Å². The lowest BCUT2D eigenvalue weighted by Gasteiger charge is -2.26. The van der Waals surface area contributed by atoms with Gasteiger partial charge in [0.05, 0.1) is 0 Å². The molecule has 0 aliphatic heterocycles. The van der Waals surface area contributed by atoms with Crippen molar-refractivity contribution in [1.29, 1.82) is 0 Å². The minimum absolute atomic E-state index is 0.718. The van der Waals surface area contributed by atoms with Crippen molar-refractivity contribution in [2.24, 2.45) is 0 Å². The Morgan fingerprint density at radius 2 is 1.84 bits per heavy atom. The first-order chi connectivity index (χ1) is 12.0. The number of rotatable bonds is 8. The van der Waals surface area contributed by atoms with Crippen LogP contribution < -0.4 is 5.32 Å². The summed E-state index contributed by atoms with van der Waals surface area (Å²) in [6.07, 6.45) is 4.71. The van der Waals surface area contributed by atoms with Gasteiger partial charge in [-0.05, 0) is 68.6 Å². The van der Waals surface area contributed by atoms with Gasteiger partial charge in [-0.2, -0.15) is 0 Å². The lowest BCUT2D eigenvalue weighted by atomic mass is 10.2. The highest BCUT2D eigenvalue weighted by Gasteiger charge is 2.11. The third-order valence-electron chi connectivity index (χ3n) is 3.73. The van der Waals surface area contributed by atoms with Gasteiger partial charge in [0.15, 0.2) is 5.11 Å². The van der Waals surface area contributed by atoms with E-state index in [2.05, 4.69) is 40.3 Å². The molecule has 1 aromatic heterocycles. The second kappa shape index (κ2) is 10.3. The van der Waals surface area contributed by atoms with E-state index in [4.69, 9.17) is 23.8 Å². The van der Waals surface area contributed by atoms with Crippen molar-refractivity contribution in [2.45, 2.75) is 19.5 Å². The van der Waals surface area contributed by atoms with Gasteiger partial charge in [-0.15, -0.1) is 0 Å². The van der Waals surface area contributed by atoms with Gasteiger partial charge < -0.3 is 15.1 Å². The van der Waals surface area contributed by atoms with Crippen molar-refractivity contribution < 1.29 is 0 Å². The van der Waals surface area contributed by atoms with Crippen LogP contribution in [-0.2, 0) is 13.1 Å². The Morgan fingerprint density at radius 3 is 2.48 bits per heavy atom. The summed E-state index contributed by atoms with van der Waals surface area (Å²) in [6, 6.07) is 11.9. The van der Waals surface area contributed by atoms with E-state index in [9.17, 15) is 0 Å². The molecule has 0 saturated heterocycles. The molecule has 0 fully saturated rings. The first-order valence-corrected chi connectivity index (χ1v) is 9.14. The van der Waals surface area contributed by atoms with Crippen molar-refractivity contribution >= 4 is 28.9 Å². The summed E-state index contributed by atoms with van der Waals surface area (Å²) in [5.74, 6) is 0. The normalized spacial score (nSPS) is 10.7. The number of nitrogens with one attached hydrogen (secondary N) is 1. The largest absolute Gasteiger partial charge is 0.363 e. The van der Waals surface area contributed by atoms with Crippen LogP contribution in [0, 0.1) is 0 Å². The summed E-state index contributed by atoms with van der Waals surface area (Å²) in [5, 5.41) is 4.88. The Labute approximate surface area is 160 Å². The Hall–Kier alpha value is -1.69. The van der Waals surface area contributed by atoms with Crippen molar-refractivity contribution in [1.82, 2.24) is 20.1 Å². The van der Waals surface area contributed by atoms with Gasteiger partial charge in [-0.3, -0.25) is 4.98 Å². The maximum Gasteiger partial charge on any atom is 0.169 e. The minimum Gasteiger partial charge on any atom is -0.363 e. The van der Waals surface area contributed by atoms with Crippen LogP contribution in [0.3, 0.4) is 0 Å². The fourth-order valence-corrected chi connectivity index (χ4v) is 2.78. The van der Waals surface area contributed by atoms with Crippen LogP contribution in [0.1, 0.15) is 17.5 Å². The Balaban J connectivity index is 2.00. The molecule has 1 heterocycles. The first-order valence-electron chi connectivity index (χ1n) is 8.35. The summed E-state index contributed by atoms with van der Waals surface area (Å²) in [6.45, 7) is 3.35. The second-order valence-electron chi connectivity index (χ2n) is 6.23. The van der Waals surface area contributed by atoms with Gasteiger partial charge in [-0.25, -0.2) is 0 Å². The standard InChI is InChI=1S/C19H25ClN4S/c1-23(2)12-4-11-22-19(25)24(15-17-5-3-10-21-13-17)14-16-6-8-18(20)9-7-16/h3,5-10,13H,4,11-12,14-15H2,1-2H3,(H,22,25). The summed E-state index contributed by atoms with van der Waals surface area (Å²) in [5.41, 5.74) is 2.31. The predicted molar refractivity (Wildman–Crippen MR) is 109 cm³/mol. The molecule has 0 amide bonds. The SMILES string of the molecule is CN(C)CCCNC(=S)N(Cc1ccc(Cl)cc1)Cc1cccnc1. The van der Waals surface area contributed by atoms with E-state index in [0.29, 0.717) is 0 Å². The monoisotopic (exact) mass is 376 g/mol. The fraction of sp³-hybridized carbons (Fsp3) is 0.368. The van der Waals surface area contributed by atoms with Crippen LogP contribution >= 0.6 is 23.8 Å². The quantitative estimate of drug-likeness (QED) is 0.562. The smallest absolute Gasteiger partial charge is 0.169 e. The fourth-order valence-electron chi connectivity index (χ4n) is 2.42. The predicted octanol–water partition coefficient (Wildman–Crippen LogP) is 3.56. The van der Waals surface area contributed by atoms with Gasteiger partial charge in [0.1, 0.15) is 0 Å². The number of hydrogen-bond donors (Lipinski definition) is 1. The van der Waals surface area contributed by atoms with E-state index in [0.717, 1.165) is 48.3 Å². The molecule has 0 radical (unpaired) electrons. The lowest BCUT2D eigenvalue weighted by molar-refractivity contribution is 0.384. The molecular weight excluding hydrogens is 352 g/mol. The molecule has 0 bridgehead atoms. The molecule has 2 aromatic rings. The molecule has 0 aliphatic carbocycles.